The molecule has 0 saturated carbocycles. The summed E-state index contributed by atoms with van der Waals surface area (Å²) in [6, 6.07) is 8.22. The summed E-state index contributed by atoms with van der Waals surface area (Å²) < 4.78 is 0. The first-order valence-corrected chi connectivity index (χ1v) is 10.9. The van der Waals surface area contributed by atoms with E-state index < -0.39 is 5.91 Å². The third-order valence-electron chi connectivity index (χ3n) is 5.80. The lowest BCUT2D eigenvalue weighted by atomic mass is 9.96. The van der Waals surface area contributed by atoms with Gasteiger partial charge in [-0.15, -0.1) is 0 Å². The fourth-order valence-electron chi connectivity index (χ4n) is 4.05. The van der Waals surface area contributed by atoms with Crippen LogP contribution in [0.3, 0.4) is 0 Å². The maximum Gasteiger partial charge on any atom is 0.277 e. The van der Waals surface area contributed by atoms with Crippen molar-refractivity contribution >= 4 is 17.5 Å². The van der Waals surface area contributed by atoms with Crippen molar-refractivity contribution < 1.29 is 15.1 Å². The summed E-state index contributed by atoms with van der Waals surface area (Å²) in [5.41, 5.74) is 4.11. The highest BCUT2D eigenvalue weighted by Crippen LogP contribution is 2.22. The summed E-state index contributed by atoms with van der Waals surface area (Å²) in [6.45, 7) is 8.07. The summed E-state index contributed by atoms with van der Waals surface area (Å²) in [7, 11) is 0. The Bertz CT molecular complexity index is 868. The maximum absolute atomic E-state index is 11.4. The number of hydroxylamine groups is 1. The van der Waals surface area contributed by atoms with Crippen LogP contribution in [0.1, 0.15) is 28.8 Å². The summed E-state index contributed by atoms with van der Waals surface area (Å²) >= 11 is 0. The van der Waals surface area contributed by atoms with E-state index in [4.69, 9.17) is 5.21 Å². The zero-order valence-electron chi connectivity index (χ0n) is 18.3. The first kappa shape index (κ1) is 23.6. The second kappa shape index (κ2) is 12.1. The Balaban J connectivity index is 1.50. The van der Waals surface area contributed by atoms with Crippen molar-refractivity contribution in [3.63, 3.8) is 0 Å². The normalized spacial score (nSPS) is 14.4. The van der Waals surface area contributed by atoms with Gasteiger partial charge in [-0.3, -0.25) is 10.0 Å². The molecule has 4 N–H and O–H groups in total. The van der Waals surface area contributed by atoms with Crippen molar-refractivity contribution in [2.45, 2.75) is 19.3 Å². The number of hydrogen-bond donors (Lipinski definition) is 4. The molecule has 9 heteroatoms. The van der Waals surface area contributed by atoms with Gasteiger partial charge in [0.05, 0.1) is 12.2 Å². The van der Waals surface area contributed by atoms with Gasteiger partial charge >= 0.3 is 0 Å². The van der Waals surface area contributed by atoms with Crippen molar-refractivity contribution in [1.29, 1.82) is 0 Å². The Morgan fingerprint density at radius 2 is 1.94 bits per heavy atom. The van der Waals surface area contributed by atoms with E-state index in [-0.39, 0.29) is 12.2 Å². The number of rotatable bonds is 11. The van der Waals surface area contributed by atoms with Gasteiger partial charge in [0, 0.05) is 50.8 Å². The molecule has 1 aromatic carbocycles. The smallest absolute Gasteiger partial charge is 0.277 e. The number of hydrogen-bond acceptors (Lipinski definition) is 8. The van der Waals surface area contributed by atoms with Gasteiger partial charge in [-0.1, -0.05) is 24.8 Å². The van der Waals surface area contributed by atoms with E-state index in [1.165, 1.54) is 18.0 Å². The van der Waals surface area contributed by atoms with Gasteiger partial charge < -0.3 is 20.2 Å². The van der Waals surface area contributed by atoms with E-state index in [1.807, 2.05) is 18.2 Å². The lowest BCUT2D eigenvalue weighted by Crippen LogP contribution is -2.40. The highest BCUT2D eigenvalue weighted by atomic mass is 16.5. The monoisotopic (exact) mass is 440 g/mol. The van der Waals surface area contributed by atoms with Crippen LogP contribution in [0.15, 0.2) is 49.4 Å². The number of amides is 1. The molecule has 1 amide bonds. The molecule has 1 aromatic heterocycles. The van der Waals surface area contributed by atoms with E-state index >= 15 is 0 Å². The summed E-state index contributed by atoms with van der Waals surface area (Å²) in [6.07, 6.45) is 7.45. The molecule has 0 bridgehead atoms. The molecule has 9 nitrogen and oxygen atoms in total. The molecule has 2 aromatic rings. The van der Waals surface area contributed by atoms with E-state index in [1.54, 1.807) is 11.7 Å². The zero-order valence-corrected chi connectivity index (χ0v) is 18.3. The number of aromatic nitrogens is 2. The van der Waals surface area contributed by atoms with Crippen LogP contribution in [0, 0.1) is 5.92 Å². The molecule has 172 valence electrons. The number of para-hydroxylation sites is 1. The molecule has 2 heterocycles. The highest BCUT2D eigenvalue weighted by Gasteiger charge is 2.23. The van der Waals surface area contributed by atoms with E-state index in [0.717, 1.165) is 51.1 Å². The third-order valence-corrected chi connectivity index (χ3v) is 5.80. The van der Waals surface area contributed by atoms with Gasteiger partial charge in [0.2, 0.25) is 5.95 Å². The molecular weight excluding hydrogens is 408 g/mol. The average molecular weight is 441 g/mol. The molecule has 1 aliphatic rings. The molecular formula is C23H32N6O3. The molecule has 0 aliphatic carbocycles. The van der Waals surface area contributed by atoms with Crippen LogP contribution in [-0.2, 0) is 6.42 Å². The molecule has 1 fully saturated rings. The fraction of sp³-hybridized carbons (Fsp3) is 0.435. The minimum atomic E-state index is -0.623. The molecule has 0 spiro atoms. The van der Waals surface area contributed by atoms with Crippen molar-refractivity contribution in [1.82, 2.24) is 20.3 Å². The van der Waals surface area contributed by atoms with Gasteiger partial charge in [0.25, 0.3) is 5.91 Å². The number of carbonyl (C=O) groups excluding carboxylic acids is 1. The summed E-state index contributed by atoms with van der Waals surface area (Å²) in [5, 5.41) is 21.4. The molecule has 3 rings (SSSR count). The Hall–Kier alpha value is -3.01. The number of aliphatic hydroxyl groups is 1. The lowest BCUT2D eigenvalue weighted by molar-refractivity contribution is 0.0705. The number of benzene rings is 1. The average Bonchev–Trinajstić information content (AvgIpc) is 2.84. The number of anilines is 2. The zero-order chi connectivity index (χ0) is 22.8. The van der Waals surface area contributed by atoms with Crippen LogP contribution in [-0.4, -0.2) is 70.4 Å². The predicted molar refractivity (Wildman–Crippen MR) is 124 cm³/mol. The summed E-state index contributed by atoms with van der Waals surface area (Å²) in [4.78, 5) is 24.4. The van der Waals surface area contributed by atoms with E-state index in [0.29, 0.717) is 18.4 Å². The SMILES string of the molecule is C=CNc1ccccc1CCN(CCO)CC1CCN(c2ncc(C(=O)NO)cn2)CC1. The van der Waals surface area contributed by atoms with Crippen LogP contribution in [0.25, 0.3) is 0 Å². The van der Waals surface area contributed by atoms with Crippen molar-refractivity contribution in [3.05, 3.63) is 60.6 Å². The van der Waals surface area contributed by atoms with Crippen molar-refractivity contribution in [2.75, 3.05) is 49.5 Å². The fourth-order valence-corrected chi connectivity index (χ4v) is 4.05. The van der Waals surface area contributed by atoms with Crippen LogP contribution >= 0.6 is 0 Å². The van der Waals surface area contributed by atoms with E-state index in [9.17, 15) is 9.90 Å². The van der Waals surface area contributed by atoms with Gasteiger partial charge in [-0.05, 0) is 43.0 Å². The molecule has 0 radical (unpaired) electrons. The van der Waals surface area contributed by atoms with Gasteiger partial charge in [0.1, 0.15) is 0 Å². The first-order valence-electron chi connectivity index (χ1n) is 10.9. The number of carbonyl (C=O) groups is 1. The van der Waals surface area contributed by atoms with Crippen LogP contribution in [0.5, 0.6) is 0 Å². The van der Waals surface area contributed by atoms with Crippen LogP contribution in [0.4, 0.5) is 11.6 Å². The Morgan fingerprint density at radius 3 is 2.59 bits per heavy atom. The summed E-state index contributed by atoms with van der Waals surface area (Å²) in [5.74, 6) is 0.511. The first-order chi connectivity index (χ1) is 15.6. The number of nitrogens with one attached hydrogen (secondary N) is 2. The van der Waals surface area contributed by atoms with Gasteiger partial charge in [-0.2, -0.15) is 0 Å². The highest BCUT2D eigenvalue weighted by molar-refractivity contribution is 5.92. The number of piperidine rings is 1. The third kappa shape index (κ3) is 6.49. The largest absolute Gasteiger partial charge is 0.395 e. The second-order valence-electron chi connectivity index (χ2n) is 7.92. The van der Waals surface area contributed by atoms with Crippen molar-refractivity contribution in [2.24, 2.45) is 5.92 Å². The Labute approximate surface area is 188 Å². The number of aliphatic hydroxyl groups excluding tert-OH is 1. The number of nitrogens with zero attached hydrogens (tertiary/aromatic N) is 4. The second-order valence-corrected chi connectivity index (χ2v) is 7.92. The van der Waals surface area contributed by atoms with Gasteiger partial charge in [0.15, 0.2) is 0 Å². The van der Waals surface area contributed by atoms with E-state index in [2.05, 4.69) is 37.7 Å². The predicted octanol–water partition coefficient (Wildman–Crippen LogP) is 1.90. The van der Waals surface area contributed by atoms with Crippen molar-refractivity contribution in [3.8, 4) is 0 Å². The molecule has 32 heavy (non-hydrogen) atoms. The quantitative estimate of drug-likeness (QED) is 0.310. The molecule has 0 unspecified atom stereocenters. The maximum atomic E-state index is 11.4. The lowest BCUT2D eigenvalue weighted by Gasteiger charge is -2.35. The van der Waals surface area contributed by atoms with Crippen LogP contribution in [0.2, 0.25) is 0 Å². The standard InChI is InChI=1S/C23H32N6O3/c1-2-24-21-6-4-3-5-19(21)9-10-28(13-14-30)17-18-7-11-29(12-8-18)23-25-15-20(16-26-23)22(31)27-32/h2-6,15-16,18,24,30,32H,1,7-14,17H2,(H,27,31). The van der Waals surface area contributed by atoms with Crippen LogP contribution < -0.4 is 15.7 Å². The Morgan fingerprint density at radius 1 is 1.22 bits per heavy atom. The van der Waals surface area contributed by atoms with Gasteiger partial charge in [-0.25, -0.2) is 15.4 Å². The Kier molecular flexibility index (Phi) is 8.97. The minimum absolute atomic E-state index is 0.146. The molecule has 1 aliphatic heterocycles. The molecule has 0 atom stereocenters. The molecule has 1 saturated heterocycles. The minimum Gasteiger partial charge on any atom is -0.395 e. The topological polar surface area (TPSA) is 114 Å².